The van der Waals surface area contributed by atoms with Crippen molar-refractivity contribution in [2.75, 3.05) is 26.0 Å². The average Bonchev–Trinajstić information content (AvgIpc) is 3.51. The van der Waals surface area contributed by atoms with Crippen LogP contribution >= 0.6 is 0 Å². The fraction of sp³-hybridized carbons (Fsp3) is 0.486. The van der Waals surface area contributed by atoms with Gasteiger partial charge in [0.1, 0.15) is 17.3 Å². The lowest BCUT2D eigenvalue weighted by molar-refractivity contribution is 0.0512. The molecule has 1 aliphatic carbocycles. The van der Waals surface area contributed by atoms with Crippen molar-refractivity contribution < 1.29 is 27.1 Å². The number of nitrogens with zero attached hydrogens (tertiary/aromatic N) is 4. The van der Waals surface area contributed by atoms with Gasteiger partial charge in [-0.3, -0.25) is 4.68 Å². The minimum absolute atomic E-state index is 0.0140. The summed E-state index contributed by atoms with van der Waals surface area (Å²) >= 11 is 0. The number of esters is 1. The summed E-state index contributed by atoms with van der Waals surface area (Å²) in [5.74, 6) is -0.149. The third-order valence-corrected chi connectivity index (χ3v) is 11.3. The molecule has 11 heteroatoms. The molecule has 0 atom stereocenters. The van der Waals surface area contributed by atoms with E-state index in [0.29, 0.717) is 53.9 Å². The first kappa shape index (κ1) is 32.2. The first-order valence-electron chi connectivity index (χ1n) is 16.4. The van der Waals surface area contributed by atoms with Crippen molar-refractivity contribution in [1.82, 2.24) is 18.7 Å². The molecule has 0 fully saturated rings. The second kappa shape index (κ2) is 13.2. The van der Waals surface area contributed by atoms with Crippen LogP contribution in [0.1, 0.15) is 78.1 Å². The molecule has 0 amide bonds. The van der Waals surface area contributed by atoms with Crippen molar-refractivity contribution in [2.24, 2.45) is 7.05 Å². The Labute approximate surface area is 270 Å². The average molecular weight is 651 g/mol. The number of rotatable bonds is 8. The van der Waals surface area contributed by atoms with E-state index in [1.165, 1.54) is 35.0 Å². The predicted octanol–water partition coefficient (Wildman–Crippen LogP) is 5.98. The molecule has 246 valence electrons. The van der Waals surface area contributed by atoms with Gasteiger partial charge in [-0.2, -0.15) is 9.40 Å². The van der Waals surface area contributed by atoms with Crippen molar-refractivity contribution >= 4 is 26.9 Å². The van der Waals surface area contributed by atoms with Crippen LogP contribution in [0.2, 0.25) is 0 Å². The van der Waals surface area contributed by atoms with Crippen LogP contribution in [0.5, 0.6) is 5.75 Å². The molecule has 0 saturated carbocycles. The molecule has 6 rings (SSSR count). The van der Waals surface area contributed by atoms with E-state index in [0.717, 1.165) is 41.7 Å². The fourth-order valence-corrected chi connectivity index (χ4v) is 8.37. The summed E-state index contributed by atoms with van der Waals surface area (Å²) in [7, 11) is -0.313. The van der Waals surface area contributed by atoms with Crippen LogP contribution in [0, 0.1) is 5.82 Å². The quantitative estimate of drug-likeness (QED) is 0.172. The smallest absolute Gasteiger partial charge is 0.355 e. The number of carbonyl (C=O) groups excluding carboxylic acids is 1. The van der Waals surface area contributed by atoms with Crippen LogP contribution in [-0.2, 0) is 60.6 Å². The molecule has 2 aliphatic rings. The minimum atomic E-state index is -3.64. The van der Waals surface area contributed by atoms with Crippen molar-refractivity contribution in [1.29, 1.82) is 0 Å². The Morgan fingerprint density at radius 2 is 1.85 bits per heavy atom. The van der Waals surface area contributed by atoms with Crippen LogP contribution in [0.4, 0.5) is 4.39 Å². The minimum Gasteiger partial charge on any atom is -0.493 e. The summed E-state index contributed by atoms with van der Waals surface area (Å²) in [5.41, 5.74) is 6.50. The van der Waals surface area contributed by atoms with Gasteiger partial charge in [0.05, 0.1) is 36.7 Å². The lowest BCUT2D eigenvalue weighted by Crippen LogP contribution is -2.29. The van der Waals surface area contributed by atoms with Crippen LogP contribution in [0.25, 0.3) is 22.0 Å². The summed E-state index contributed by atoms with van der Waals surface area (Å²) in [6.45, 7) is 4.58. The van der Waals surface area contributed by atoms with E-state index in [1.807, 2.05) is 19.1 Å². The molecule has 0 N–H and O–H groups in total. The maximum Gasteiger partial charge on any atom is 0.355 e. The number of sulfonamides is 1. The topological polar surface area (TPSA) is 95.7 Å². The van der Waals surface area contributed by atoms with Crippen molar-refractivity contribution in [3.05, 3.63) is 69.9 Å². The zero-order valence-corrected chi connectivity index (χ0v) is 28.0. The molecule has 0 unspecified atom stereocenters. The van der Waals surface area contributed by atoms with E-state index >= 15 is 4.39 Å². The number of carbonyl (C=O) groups is 1. The van der Waals surface area contributed by atoms with Crippen molar-refractivity contribution in [3.63, 3.8) is 0 Å². The zero-order valence-electron chi connectivity index (χ0n) is 27.2. The molecule has 2 aromatic carbocycles. The first-order chi connectivity index (χ1) is 22.2. The molecule has 0 spiro atoms. The van der Waals surface area contributed by atoms with Gasteiger partial charge >= 0.3 is 5.97 Å². The third-order valence-electron chi connectivity index (χ3n) is 9.38. The summed E-state index contributed by atoms with van der Waals surface area (Å²) in [4.78, 5) is 13.7. The monoisotopic (exact) mass is 650 g/mol. The van der Waals surface area contributed by atoms with Gasteiger partial charge in [0.15, 0.2) is 0 Å². The highest BCUT2D eigenvalue weighted by molar-refractivity contribution is 7.89. The van der Waals surface area contributed by atoms with Gasteiger partial charge < -0.3 is 14.0 Å². The molecule has 1 aliphatic heterocycles. The SMILES string of the molecule is CCOC(=O)c1c(CCCOc2cccc3c2CCCC3)c2ccc(F)c3c2n1CCCS(=O)(=O)N(C)Cc1nn(C)c(CC)c1-3. The molecular formula is C35H43FN4O5S. The lowest BCUT2D eigenvalue weighted by Gasteiger charge is -2.19. The van der Waals surface area contributed by atoms with Gasteiger partial charge in [0.2, 0.25) is 10.0 Å². The number of benzene rings is 2. The van der Waals surface area contributed by atoms with E-state index < -0.39 is 21.8 Å². The molecule has 3 heterocycles. The molecular weight excluding hydrogens is 607 g/mol. The van der Waals surface area contributed by atoms with Crippen LogP contribution in [-0.4, -0.2) is 59.1 Å². The Hall–Kier alpha value is -3.70. The van der Waals surface area contributed by atoms with E-state index in [2.05, 4.69) is 11.2 Å². The Kier molecular flexibility index (Phi) is 9.25. The van der Waals surface area contributed by atoms with Crippen LogP contribution < -0.4 is 4.74 Å². The standard InChI is InChI=1S/C35H43FN4O5S/c1-5-29-32-28(37-39(29)4)22-38(3)46(42,43)21-11-19-40-33-26(17-18-27(36)31(32)33)25(34(40)35(41)44-6-2)15-10-20-45-30-16-9-13-23-12-7-8-14-24(23)30/h9,13,16-18H,5-8,10-12,14-15,19-22H2,1-4H3. The second-order valence-corrected chi connectivity index (χ2v) is 14.4. The lowest BCUT2D eigenvalue weighted by atomic mass is 9.91. The maximum atomic E-state index is 16.2. The number of hydrogen-bond donors (Lipinski definition) is 0. The molecule has 2 aromatic heterocycles. The molecule has 9 nitrogen and oxygen atoms in total. The number of halogens is 1. The summed E-state index contributed by atoms with van der Waals surface area (Å²) in [6, 6.07) is 9.44. The summed E-state index contributed by atoms with van der Waals surface area (Å²) in [5, 5.41) is 5.44. The van der Waals surface area contributed by atoms with Crippen molar-refractivity contribution in [3.8, 4) is 16.9 Å². The van der Waals surface area contributed by atoms with E-state index in [4.69, 9.17) is 9.47 Å². The number of hydrogen-bond acceptors (Lipinski definition) is 6. The number of aromatic nitrogens is 3. The van der Waals surface area contributed by atoms with Gasteiger partial charge in [0.25, 0.3) is 0 Å². The first-order valence-corrected chi connectivity index (χ1v) is 18.0. The van der Waals surface area contributed by atoms with E-state index in [9.17, 15) is 13.2 Å². The highest BCUT2D eigenvalue weighted by atomic mass is 32.2. The van der Waals surface area contributed by atoms with Gasteiger partial charge in [-0.05, 0) is 93.2 Å². The Balaban J connectivity index is 1.48. The third kappa shape index (κ3) is 5.83. The summed E-state index contributed by atoms with van der Waals surface area (Å²) < 4.78 is 59.5. The van der Waals surface area contributed by atoms with E-state index in [1.54, 1.807) is 29.3 Å². The summed E-state index contributed by atoms with van der Waals surface area (Å²) in [6.07, 6.45) is 6.37. The van der Waals surface area contributed by atoms with Gasteiger partial charge in [-0.1, -0.05) is 19.1 Å². The number of fused-ring (bicyclic) bond motifs is 3. The Morgan fingerprint density at radius 1 is 1.04 bits per heavy atom. The molecule has 0 radical (unpaired) electrons. The Bertz CT molecular complexity index is 1890. The molecule has 0 bridgehead atoms. The number of ether oxygens (including phenoxy) is 2. The largest absolute Gasteiger partial charge is 0.493 e. The highest BCUT2D eigenvalue weighted by Crippen LogP contribution is 2.41. The maximum absolute atomic E-state index is 16.2. The number of aryl methyl sites for hydroxylation is 4. The molecule has 0 saturated heterocycles. The van der Waals surface area contributed by atoms with Gasteiger partial charge in [0, 0.05) is 42.8 Å². The molecule has 4 aromatic rings. The highest BCUT2D eigenvalue weighted by Gasteiger charge is 2.32. The normalized spacial score (nSPS) is 16.5. The van der Waals surface area contributed by atoms with Crippen LogP contribution in [0.15, 0.2) is 30.3 Å². The Morgan fingerprint density at radius 3 is 2.63 bits per heavy atom. The second-order valence-electron chi connectivity index (χ2n) is 12.2. The fourth-order valence-electron chi connectivity index (χ4n) is 7.25. The van der Waals surface area contributed by atoms with Gasteiger partial charge in [-0.15, -0.1) is 0 Å². The van der Waals surface area contributed by atoms with Gasteiger partial charge in [-0.25, -0.2) is 17.6 Å². The van der Waals surface area contributed by atoms with E-state index in [-0.39, 0.29) is 31.9 Å². The van der Waals surface area contributed by atoms with Crippen molar-refractivity contribution in [2.45, 2.75) is 78.3 Å². The predicted molar refractivity (Wildman–Crippen MR) is 176 cm³/mol. The zero-order chi connectivity index (χ0) is 32.6. The van der Waals surface area contributed by atoms with Crippen LogP contribution in [0.3, 0.4) is 0 Å². The molecule has 46 heavy (non-hydrogen) atoms.